The molecule has 1 amide bonds. The molecule has 0 bridgehead atoms. The second-order valence-electron chi connectivity index (χ2n) is 5.79. The van der Waals surface area contributed by atoms with Crippen LogP contribution in [-0.4, -0.2) is 46.6 Å². The molecule has 1 aliphatic heterocycles. The van der Waals surface area contributed by atoms with Crippen molar-refractivity contribution in [3.63, 3.8) is 0 Å². The van der Waals surface area contributed by atoms with Gasteiger partial charge in [0.05, 0.1) is 12.1 Å². The predicted molar refractivity (Wildman–Crippen MR) is 78.7 cm³/mol. The molecule has 1 saturated carbocycles. The lowest BCUT2D eigenvalue weighted by atomic mass is 9.70. The van der Waals surface area contributed by atoms with Crippen molar-refractivity contribution in [2.75, 3.05) is 13.2 Å². The first kappa shape index (κ1) is 15.2. The molecule has 7 heteroatoms. The molecule has 1 N–H and O–H groups in total. The molecular weight excluding hydrogens is 286 g/mol. The summed E-state index contributed by atoms with van der Waals surface area (Å²) in [5.74, 6) is -0.287. The topological polar surface area (TPSA) is 82.5 Å². The summed E-state index contributed by atoms with van der Waals surface area (Å²) < 4.78 is 12.8. The summed E-state index contributed by atoms with van der Waals surface area (Å²) in [4.78, 5) is 23.7. The third kappa shape index (κ3) is 2.44. The lowest BCUT2D eigenvalue weighted by molar-refractivity contribution is -0.194. The fourth-order valence-corrected chi connectivity index (χ4v) is 3.34. The van der Waals surface area contributed by atoms with E-state index in [0.717, 1.165) is 23.9 Å². The molecule has 7 nitrogen and oxygen atoms in total. The maximum atomic E-state index is 12.3. The number of carbonyl (C=O) groups excluding carboxylic acids is 1. The molecule has 1 spiro atoms. The normalized spacial score (nSPS) is 30.3. The highest BCUT2D eigenvalue weighted by atomic mass is 16.6. The molecule has 1 aromatic rings. The summed E-state index contributed by atoms with van der Waals surface area (Å²) in [6, 6.07) is 2.71. The fourth-order valence-electron chi connectivity index (χ4n) is 3.34. The van der Waals surface area contributed by atoms with Gasteiger partial charge < -0.3 is 14.8 Å². The third-order valence-corrected chi connectivity index (χ3v) is 4.53. The predicted octanol–water partition coefficient (Wildman–Crippen LogP) is 0.237. The molecule has 2 heterocycles. The Morgan fingerprint density at radius 3 is 3.05 bits per heavy atom. The van der Waals surface area contributed by atoms with E-state index in [1.807, 2.05) is 6.92 Å². The molecule has 0 aromatic carbocycles. The third-order valence-electron chi connectivity index (χ3n) is 4.53. The molecule has 0 radical (unpaired) electrons. The number of nitrogens with zero attached hydrogens (tertiary/aromatic N) is 2. The number of amides is 1. The van der Waals surface area contributed by atoms with E-state index in [0.29, 0.717) is 13.2 Å². The summed E-state index contributed by atoms with van der Waals surface area (Å²) >= 11 is 0. The van der Waals surface area contributed by atoms with Gasteiger partial charge in [-0.2, -0.15) is 5.10 Å². The van der Waals surface area contributed by atoms with Crippen LogP contribution >= 0.6 is 0 Å². The van der Waals surface area contributed by atoms with E-state index in [1.165, 1.54) is 19.2 Å². The molecule has 22 heavy (non-hydrogen) atoms. The highest BCUT2D eigenvalue weighted by Crippen LogP contribution is 2.45. The Balaban J connectivity index is 1.71. The highest BCUT2D eigenvalue weighted by molar-refractivity contribution is 5.92. The Morgan fingerprint density at radius 1 is 1.59 bits per heavy atom. The Kier molecular flexibility index (Phi) is 4.01. The van der Waals surface area contributed by atoms with Crippen LogP contribution < -0.4 is 10.9 Å². The molecule has 2 fully saturated rings. The van der Waals surface area contributed by atoms with Gasteiger partial charge in [0.2, 0.25) is 0 Å². The van der Waals surface area contributed by atoms with Crippen molar-refractivity contribution in [1.29, 1.82) is 0 Å². The fraction of sp³-hybridized carbons (Fsp3) is 0.667. The summed E-state index contributed by atoms with van der Waals surface area (Å²) in [6.45, 7) is 3.30. The van der Waals surface area contributed by atoms with Crippen molar-refractivity contribution in [1.82, 2.24) is 15.1 Å². The Labute approximate surface area is 128 Å². The monoisotopic (exact) mass is 307 g/mol. The molecule has 3 atom stereocenters. The van der Waals surface area contributed by atoms with Gasteiger partial charge >= 0.3 is 0 Å². The molecule has 1 saturated heterocycles. The molecule has 2 aliphatic rings. The van der Waals surface area contributed by atoms with E-state index < -0.39 is 5.60 Å². The summed E-state index contributed by atoms with van der Waals surface area (Å²) in [5.41, 5.74) is -0.408. The van der Waals surface area contributed by atoms with Crippen LogP contribution in [0.3, 0.4) is 0 Å². The van der Waals surface area contributed by atoms with Gasteiger partial charge in [-0.15, -0.1) is 0 Å². The number of aryl methyl sites for hydroxylation is 1. The maximum Gasteiger partial charge on any atom is 0.272 e. The van der Waals surface area contributed by atoms with E-state index >= 15 is 0 Å². The molecule has 1 aromatic heterocycles. The van der Waals surface area contributed by atoms with Crippen molar-refractivity contribution in [3.05, 3.63) is 28.2 Å². The minimum absolute atomic E-state index is 0.0402. The van der Waals surface area contributed by atoms with Gasteiger partial charge in [-0.05, 0) is 32.3 Å². The summed E-state index contributed by atoms with van der Waals surface area (Å²) in [7, 11) is 1.52. The first-order chi connectivity index (χ1) is 10.6. The maximum absolute atomic E-state index is 12.3. The zero-order chi connectivity index (χ0) is 15.7. The Hall–Kier alpha value is -1.73. The molecule has 1 aliphatic carbocycles. The molecule has 120 valence electrons. The van der Waals surface area contributed by atoms with Gasteiger partial charge in [-0.1, -0.05) is 0 Å². The summed E-state index contributed by atoms with van der Waals surface area (Å²) in [5, 5.41) is 6.95. The van der Waals surface area contributed by atoms with Gasteiger partial charge in [0.1, 0.15) is 11.3 Å². The number of ether oxygens (including phenoxy) is 2. The number of hydrogen-bond acceptors (Lipinski definition) is 5. The van der Waals surface area contributed by atoms with Crippen LogP contribution in [0.15, 0.2) is 16.9 Å². The highest BCUT2D eigenvalue weighted by Gasteiger charge is 2.59. The zero-order valence-electron chi connectivity index (χ0n) is 12.9. The van der Waals surface area contributed by atoms with E-state index in [4.69, 9.17) is 9.47 Å². The van der Waals surface area contributed by atoms with Crippen LogP contribution in [0.2, 0.25) is 0 Å². The van der Waals surface area contributed by atoms with E-state index in [1.54, 1.807) is 0 Å². The molecular formula is C15H21N3O4. The van der Waals surface area contributed by atoms with Crippen molar-refractivity contribution in [2.24, 2.45) is 7.05 Å². The smallest absolute Gasteiger partial charge is 0.272 e. The van der Waals surface area contributed by atoms with Gasteiger partial charge in [0, 0.05) is 26.3 Å². The van der Waals surface area contributed by atoms with Gasteiger partial charge in [-0.25, -0.2) is 4.68 Å². The van der Waals surface area contributed by atoms with Gasteiger partial charge in [-0.3, -0.25) is 9.59 Å². The molecule has 0 unspecified atom stereocenters. The number of rotatable bonds is 4. The second-order valence-corrected chi connectivity index (χ2v) is 5.79. The average Bonchev–Trinajstić information content (AvgIpc) is 3.01. The SMILES string of the molecule is CCO[C@@H]1C[C@H](NC(=O)c2ccc(=O)n(C)n2)[C@@]12CCCO2. The van der Waals surface area contributed by atoms with E-state index in [9.17, 15) is 9.59 Å². The van der Waals surface area contributed by atoms with Gasteiger partial charge in [0.25, 0.3) is 11.5 Å². The van der Waals surface area contributed by atoms with Crippen LogP contribution in [-0.2, 0) is 16.5 Å². The van der Waals surface area contributed by atoms with Crippen molar-refractivity contribution in [2.45, 2.75) is 43.9 Å². The largest absolute Gasteiger partial charge is 0.375 e. The minimum Gasteiger partial charge on any atom is -0.375 e. The van der Waals surface area contributed by atoms with Crippen LogP contribution in [0.25, 0.3) is 0 Å². The van der Waals surface area contributed by atoms with Crippen LogP contribution in [0, 0.1) is 0 Å². The lowest BCUT2D eigenvalue weighted by Gasteiger charge is -2.52. The van der Waals surface area contributed by atoms with Crippen molar-refractivity contribution in [3.8, 4) is 0 Å². The molecule has 3 rings (SSSR count). The second kappa shape index (κ2) is 5.81. The summed E-state index contributed by atoms with van der Waals surface area (Å²) in [6.07, 6.45) is 2.65. The zero-order valence-corrected chi connectivity index (χ0v) is 12.9. The average molecular weight is 307 g/mol. The Morgan fingerprint density at radius 2 is 2.41 bits per heavy atom. The standard InChI is InChI=1S/C15H21N3O4/c1-3-21-12-9-11(15(12)7-4-8-22-15)16-14(20)10-5-6-13(19)18(2)17-10/h5-6,11-12H,3-4,7-9H2,1-2H3,(H,16,20)/t11-,12+,15-/m0/s1. The first-order valence-electron chi connectivity index (χ1n) is 7.67. The van der Waals surface area contributed by atoms with Crippen molar-refractivity contribution < 1.29 is 14.3 Å². The minimum atomic E-state index is -0.396. The number of carbonyl (C=O) groups is 1. The van der Waals surface area contributed by atoms with Gasteiger partial charge in [0.15, 0.2) is 0 Å². The van der Waals surface area contributed by atoms with Crippen molar-refractivity contribution >= 4 is 5.91 Å². The lowest BCUT2D eigenvalue weighted by Crippen LogP contribution is -2.69. The number of aromatic nitrogens is 2. The Bertz CT molecular complexity index is 621. The number of nitrogens with one attached hydrogen (secondary N) is 1. The first-order valence-corrected chi connectivity index (χ1v) is 7.67. The van der Waals surface area contributed by atoms with E-state index in [-0.39, 0.29) is 29.3 Å². The number of hydrogen-bond donors (Lipinski definition) is 1. The van der Waals surface area contributed by atoms with Crippen LogP contribution in [0.1, 0.15) is 36.7 Å². The van der Waals surface area contributed by atoms with E-state index in [2.05, 4.69) is 10.4 Å². The quantitative estimate of drug-likeness (QED) is 0.861. The van der Waals surface area contributed by atoms with Crippen LogP contribution in [0.4, 0.5) is 0 Å². The van der Waals surface area contributed by atoms with Crippen LogP contribution in [0.5, 0.6) is 0 Å².